The number of terminal acetylenes is 1. The zero-order chi connectivity index (χ0) is 11.0. The van der Waals surface area contributed by atoms with Crippen molar-refractivity contribution >= 4 is 5.82 Å². The molecule has 2 fully saturated rings. The first-order valence-corrected chi connectivity index (χ1v) is 5.68. The molecule has 3 nitrogen and oxygen atoms in total. The minimum atomic E-state index is 0.396. The molecule has 2 aliphatic heterocycles. The summed E-state index contributed by atoms with van der Waals surface area (Å²) in [5.74, 6) is 3.59. The fourth-order valence-corrected chi connectivity index (χ4v) is 2.46. The molecular weight excluding hydrogens is 200 g/mol. The monoisotopic (exact) mass is 214 g/mol. The fourth-order valence-electron chi connectivity index (χ4n) is 2.46. The van der Waals surface area contributed by atoms with Gasteiger partial charge in [-0.05, 0) is 25.0 Å². The average Bonchev–Trinajstić information content (AvgIpc) is 2.68. The highest BCUT2D eigenvalue weighted by molar-refractivity contribution is 5.43. The fraction of sp³-hybridized carbons (Fsp3) is 0.462. The van der Waals surface area contributed by atoms with E-state index in [1.807, 2.05) is 12.1 Å². The van der Waals surface area contributed by atoms with Crippen LogP contribution in [0.4, 0.5) is 5.82 Å². The quantitative estimate of drug-likeness (QED) is 0.661. The van der Waals surface area contributed by atoms with Crippen molar-refractivity contribution in [2.24, 2.45) is 0 Å². The Morgan fingerprint density at radius 3 is 2.62 bits per heavy atom. The van der Waals surface area contributed by atoms with E-state index in [4.69, 9.17) is 11.2 Å². The van der Waals surface area contributed by atoms with E-state index in [1.54, 1.807) is 6.20 Å². The Bertz CT molecular complexity index is 409. The van der Waals surface area contributed by atoms with Gasteiger partial charge in [0.1, 0.15) is 5.82 Å². The van der Waals surface area contributed by atoms with Gasteiger partial charge in [0.2, 0.25) is 0 Å². The first-order chi connectivity index (χ1) is 7.85. The summed E-state index contributed by atoms with van der Waals surface area (Å²) < 4.78 is 5.79. The Kier molecular flexibility index (Phi) is 2.30. The second kappa shape index (κ2) is 3.80. The summed E-state index contributed by atoms with van der Waals surface area (Å²) in [6.45, 7) is 1.91. The van der Waals surface area contributed by atoms with Crippen LogP contribution < -0.4 is 4.90 Å². The predicted octanol–water partition coefficient (Wildman–Crippen LogP) is 1.43. The molecule has 2 saturated heterocycles. The first-order valence-electron chi connectivity index (χ1n) is 5.68. The molecule has 2 aliphatic rings. The highest BCUT2D eigenvalue weighted by Crippen LogP contribution is 2.28. The number of nitrogens with zero attached hydrogens (tertiary/aromatic N) is 2. The van der Waals surface area contributed by atoms with Gasteiger partial charge in [-0.15, -0.1) is 6.42 Å². The SMILES string of the molecule is C#Cc1ccc(N2CC3CCC(C2)O3)nc1. The number of pyridine rings is 1. The van der Waals surface area contributed by atoms with Crippen LogP contribution >= 0.6 is 0 Å². The molecule has 0 aliphatic carbocycles. The molecule has 1 aromatic heterocycles. The van der Waals surface area contributed by atoms with Gasteiger partial charge in [0.05, 0.1) is 12.2 Å². The minimum Gasteiger partial charge on any atom is -0.371 e. The summed E-state index contributed by atoms with van der Waals surface area (Å²) >= 11 is 0. The van der Waals surface area contributed by atoms with E-state index < -0.39 is 0 Å². The number of ether oxygens (including phenoxy) is 1. The van der Waals surface area contributed by atoms with E-state index in [-0.39, 0.29) is 0 Å². The molecule has 2 atom stereocenters. The molecule has 0 saturated carbocycles. The molecule has 2 bridgehead atoms. The maximum atomic E-state index is 5.79. The van der Waals surface area contributed by atoms with Gasteiger partial charge in [0, 0.05) is 24.8 Å². The van der Waals surface area contributed by atoms with Crippen LogP contribution in [0.25, 0.3) is 0 Å². The number of anilines is 1. The van der Waals surface area contributed by atoms with Crippen molar-refractivity contribution < 1.29 is 4.74 Å². The van der Waals surface area contributed by atoms with Gasteiger partial charge in [-0.25, -0.2) is 4.98 Å². The zero-order valence-electron chi connectivity index (χ0n) is 9.10. The highest BCUT2D eigenvalue weighted by atomic mass is 16.5. The van der Waals surface area contributed by atoms with Crippen molar-refractivity contribution in [1.82, 2.24) is 4.98 Å². The maximum absolute atomic E-state index is 5.79. The normalized spacial score (nSPS) is 27.8. The van der Waals surface area contributed by atoms with Crippen molar-refractivity contribution in [3.8, 4) is 12.3 Å². The van der Waals surface area contributed by atoms with Gasteiger partial charge in [-0.1, -0.05) is 5.92 Å². The minimum absolute atomic E-state index is 0.396. The lowest BCUT2D eigenvalue weighted by Crippen LogP contribution is -2.43. The predicted molar refractivity (Wildman–Crippen MR) is 62.3 cm³/mol. The topological polar surface area (TPSA) is 25.4 Å². The molecule has 3 heterocycles. The summed E-state index contributed by atoms with van der Waals surface area (Å²) in [6.07, 6.45) is 10.2. The van der Waals surface area contributed by atoms with E-state index in [1.165, 1.54) is 12.8 Å². The van der Waals surface area contributed by atoms with E-state index >= 15 is 0 Å². The van der Waals surface area contributed by atoms with Crippen LogP contribution in [0.1, 0.15) is 18.4 Å². The number of hydrogen-bond donors (Lipinski definition) is 0. The Labute approximate surface area is 95.4 Å². The van der Waals surface area contributed by atoms with Gasteiger partial charge < -0.3 is 9.64 Å². The van der Waals surface area contributed by atoms with E-state index in [9.17, 15) is 0 Å². The summed E-state index contributed by atoms with van der Waals surface area (Å²) in [5, 5.41) is 0. The van der Waals surface area contributed by atoms with Crippen molar-refractivity contribution in [2.45, 2.75) is 25.0 Å². The lowest BCUT2D eigenvalue weighted by atomic mass is 10.2. The van der Waals surface area contributed by atoms with Gasteiger partial charge in [0.25, 0.3) is 0 Å². The molecule has 0 amide bonds. The standard InChI is InChI=1S/C13H14N2O/c1-2-10-3-6-13(14-7-10)15-8-11-4-5-12(9-15)16-11/h1,3,6-7,11-12H,4-5,8-9H2. The second-order valence-corrected chi connectivity index (χ2v) is 4.41. The largest absolute Gasteiger partial charge is 0.371 e. The van der Waals surface area contributed by atoms with Crippen molar-refractivity contribution in [1.29, 1.82) is 0 Å². The van der Waals surface area contributed by atoms with Gasteiger partial charge in [-0.3, -0.25) is 0 Å². The number of hydrogen-bond acceptors (Lipinski definition) is 3. The van der Waals surface area contributed by atoms with Gasteiger partial charge >= 0.3 is 0 Å². The first kappa shape index (κ1) is 9.68. The lowest BCUT2D eigenvalue weighted by molar-refractivity contribution is 0.0302. The van der Waals surface area contributed by atoms with E-state index in [0.29, 0.717) is 12.2 Å². The third-order valence-corrected chi connectivity index (χ3v) is 3.28. The molecule has 2 unspecified atom stereocenters. The van der Waals surface area contributed by atoms with Gasteiger partial charge in [0.15, 0.2) is 0 Å². The van der Waals surface area contributed by atoms with E-state index in [2.05, 4.69) is 15.8 Å². The Morgan fingerprint density at radius 1 is 1.31 bits per heavy atom. The van der Waals surface area contributed by atoms with Crippen LogP contribution in [-0.2, 0) is 4.74 Å². The smallest absolute Gasteiger partial charge is 0.128 e. The third-order valence-electron chi connectivity index (χ3n) is 3.28. The summed E-state index contributed by atoms with van der Waals surface area (Å²) in [5.41, 5.74) is 0.833. The molecular formula is C13H14N2O. The third kappa shape index (κ3) is 1.66. The maximum Gasteiger partial charge on any atom is 0.128 e. The van der Waals surface area contributed by atoms with Crippen LogP contribution in [0.5, 0.6) is 0 Å². The van der Waals surface area contributed by atoms with Crippen molar-refractivity contribution in [3.05, 3.63) is 23.9 Å². The number of aromatic nitrogens is 1. The highest BCUT2D eigenvalue weighted by Gasteiger charge is 2.33. The van der Waals surface area contributed by atoms with Crippen molar-refractivity contribution in [2.75, 3.05) is 18.0 Å². The van der Waals surface area contributed by atoms with Crippen LogP contribution in [0.2, 0.25) is 0 Å². The lowest BCUT2D eigenvalue weighted by Gasteiger charge is -2.32. The Morgan fingerprint density at radius 2 is 2.06 bits per heavy atom. The Balaban J connectivity index is 1.79. The van der Waals surface area contributed by atoms with Crippen LogP contribution in [0.3, 0.4) is 0 Å². The zero-order valence-corrected chi connectivity index (χ0v) is 9.10. The molecule has 1 aromatic rings. The molecule has 0 N–H and O–H groups in total. The van der Waals surface area contributed by atoms with Crippen LogP contribution in [0.15, 0.2) is 18.3 Å². The summed E-state index contributed by atoms with van der Waals surface area (Å²) in [4.78, 5) is 6.70. The molecule has 0 radical (unpaired) electrons. The summed E-state index contributed by atoms with van der Waals surface area (Å²) in [6, 6.07) is 3.94. The molecule has 0 spiro atoms. The van der Waals surface area contributed by atoms with E-state index in [0.717, 1.165) is 24.5 Å². The molecule has 82 valence electrons. The average molecular weight is 214 g/mol. The number of morpholine rings is 1. The van der Waals surface area contributed by atoms with Crippen molar-refractivity contribution in [3.63, 3.8) is 0 Å². The van der Waals surface area contributed by atoms with Gasteiger partial charge in [-0.2, -0.15) is 0 Å². The second-order valence-electron chi connectivity index (χ2n) is 4.41. The summed E-state index contributed by atoms with van der Waals surface area (Å²) in [7, 11) is 0. The molecule has 0 aromatic carbocycles. The Hall–Kier alpha value is -1.53. The van der Waals surface area contributed by atoms with Crippen LogP contribution in [-0.4, -0.2) is 30.3 Å². The number of rotatable bonds is 1. The van der Waals surface area contributed by atoms with Crippen LogP contribution in [0, 0.1) is 12.3 Å². The molecule has 16 heavy (non-hydrogen) atoms. The number of fused-ring (bicyclic) bond motifs is 2. The molecule has 3 heteroatoms. The molecule has 3 rings (SSSR count).